The highest BCUT2D eigenvalue weighted by molar-refractivity contribution is 5.93. The molecule has 0 aliphatic rings. The lowest BCUT2D eigenvalue weighted by molar-refractivity contribution is 0.0692. The van der Waals surface area contributed by atoms with Crippen molar-refractivity contribution in [1.29, 1.82) is 0 Å². The van der Waals surface area contributed by atoms with Crippen molar-refractivity contribution in [2.24, 2.45) is 7.05 Å². The lowest BCUT2D eigenvalue weighted by atomic mass is 10.1. The maximum Gasteiger partial charge on any atom is 0.356 e. The average Bonchev–Trinajstić information content (AvgIpc) is 2.57. The molecule has 0 saturated carbocycles. The number of hydrogen-bond donors (Lipinski definition) is 1. The Bertz CT molecular complexity index is 590. The van der Waals surface area contributed by atoms with E-state index in [1.165, 1.54) is 12.1 Å². The number of aromatic carboxylic acids is 1. The van der Waals surface area contributed by atoms with Gasteiger partial charge in [-0.25, -0.2) is 14.2 Å². The van der Waals surface area contributed by atoms with Crippen molar-refractivity contribution < 1.29 is 14.3 Å². The van der Waals surface area contributed by atoms with Crippen LogP contribution in [0.3, 0.4) is 0 Å². The smallest absolute Gasteiger partial charge is 0.356 e. The van der Waals surface area contributed by atoms with Crippen molar-refractivity contribution in [1.82, 2.24) is 9.55 Å². The van der Waals surface area contributed by atoms with Gasteiger partial charge in [0.1, 0.15) is 11.6 Å². The number of aryl methyl sites for hydroxylation is 1. The molecule has 17 heavy (non-hydrogen) atoms. The van der Waals surface area contributed by atoms with Gasteiger partial charge in [-0.05, 0) is 19.1 Å². The zero-order valence-electron chi connectivity index (χ0n) is 9.44. The molecule has 1 heterocycles. The summed E-state index contributed by atoms with van der Waals surface area (Å²) >= 11 is 0. The third-order valence-corrected chi connectivity index (χ3v) is 2.65. The predicted octanol–water partition coefficient (Wildman–Crippen LogP) is 2.23. The molecule has 0 bridgehead atoms. The number of hydrogen-bond acceptors (Lipinski definition) is 2. The zero-order valence-corrected chi connectivity index (χ0v) is 9.44. The molecular formula is C12H11FN2O2. The van der Waals surface area contributed by atoms with Gasteiger partial charge in [0, 0.05) is 12.6 Å². The van der Waals surface area contributed by atoms with Gasteiger partial charge >= 0.3 is 5.97 Å². The van der Waals surface area contributed by atoms with Crippen molar-refractivity contribution >= 4 is 5.97 Å². The number of carboxylic acids is 1. The summed E-state index contributed by atoms with van der Waals surface area (Å²) < 4.78 is 15.2. The molecule has 0 aliphatic heterocycles. The molecule has 0 radical (unpaired) electrons. The Morgan fingerprint density at radius 2 is 2.06 bits per heavy atom. The molecule has 88 valence electrons. The van der Waals surface area contributed by atoms with Gasteiger partial charge in [-0.3, -0.25) is 0 Å². The number of imidazole rings is 1. The quantitative estimate of drug-likeness (QED) is 0.866. The van der Waals surface area contributed by atoms with E-state index < -0.39 is 11.8 Å². The van der Waals surface area contributed by atoms with Crippen LogP contribution in [0, 0.1) is 12.7 Å². The monoisotopic (exact) mass is 234 g/mol. The average molecular weight is 234 g/mol. The molecule has 1 aromatic carbocycles. The predicted molar refractivity (Wildman–Crippen MR) is 60.3 cm³/mol. The van der Waals surface area contributed by atoms with Crippen LogP contribution in [0.1, 0.15) is 16.3 Å². The highest BCUT2D eigenvalue weighted by atomic mass is 19.1. The number of halogens is 1. The summed E-state index contributed by atoms with van der Waals surface area (Å²) in [6.45, 7) is 1.68. The molecule has 0 spiro atoms. The third-order valence-electron chi connectivity index (χ3n) is 2.65. The largest absolute Gasteiger partial charge is 0.476 e. The summed E-state index contributed by atoms with van der Waals surface area (Å²) in [7, 11) is 1.66. The van der Waals surface area contributed by atoms with Crippen LogP contribution in [-0.2, 0) is 7.05 Å². The number of aromatic nitrogens is 2. The van der Waals surface area contributed by atoms with Crippen LogP contribution in [0.2, 0.25) is 0 Å². The zero-order chi connectivity index (χ0) is 12.6. The van der Waals surface area contributed by atoms with Crippen LogP contribution < -0.4 is 0 Å². The molecule has 0 atom stereocenters. The number of nitrogens with zero attached hydrogens (tertiary/aromatic N) is 2. The van der Waals surface area contributed by atoms with E-state index >= 15 is 0 Å². The molecule has 2 aromatic rings. The molecule has 4 nitrogen and oxygen atoms in total. The van der Waals surface area contributed by atoms with Crippen LogP contribution in [0.25, 0.3) is 11.3 Å². The van der Waals surface area contributed by atoms with Gasteiger partial charge in [-0.15, -0.1) is 0 Å². The molecule has 1 N–H and O–H groups in total. The van der Waals surface area contributed by atoms with E-state index in [4.69, 9.17) is 5.11 Å². The molecule has 0 unspecified atom stereocenters. The van der Waals surface area contributed by atoms with Gasteiger partial charge in [0.2, 0.25) is 0 Å². The summed E-state index contributed by atoms with van der Waals surface area (Å²) in [5.74, 6) is -1.09. The lowest BCUT2D eigenvalue weighted by Gasteiger charge is -2.06. The topological polar surface area (TPSA) is 55.1 Å². The number of rotatable bonds is 2. The molecule has 0 saturated heterocycles. The first-order valence-electron chi connectivity index (χ1n) is 5.04. The fourth-order valence-corrected chi connectivity index (χ4v) is 1.72. The van der Waals surface area contributed by atoms with Gasteiger partial charge < -0.3 is 9.67 Å². The molecule has 1 aromatic heterocycles. The minimum atomic E-state index is -1.16. The van der Waals surface area contributed by atoms with E-state index in [0.29, 0.717) is 5.82 Å². The van der Waals surface area contributed by atoms with Crippen LogP contribution in [0.4, 0.5) is 4.39 Å². The van der Waals surface area contributed by atoms with Gasteiger partial charge in [0.15, 0.2) is 5.69 Å². The van der Waals surface area contributed by atoms with Crippen molar-refractivity contribution in [3.63, 3.8) is 0 Å². The Morgan fingerprint density at radius 3 is 2.65 bits per heavy atom. The maximum absolute atomic E-state index is 13.7. The van der Waals surface area contributed by atoms with E-state index in [0.717, 1.165) is 0 Å². The molecule has 0 amide bonds. The summed E-state index contributed by atoms with van der Waals surface area (Å²) in [5, 5.41) is 9.06. The van der Waals surface area contributed by atoms with E-state index in [-0.39, 0.29) is 17.0 Å². The Kier molecular flexibility index (Phi) is 2.67. The Balaban J connectivity index is 2.75. The van der Waals surface area contributed by atoms with Crippen LogP contribution in [-0.4, -0.2) is 20.6 Å². The Hall–Kier alpha value is -2.17. The molecule has 0 fully saturated rings. The van der Waals surface area contributed by atoms with Crippen LogP contribution in [0.5, 0.6) is 0 Å². The Morgan fingerprint density at radius 1 is 1.41 bits per heavy atom. The highest BCUT2D eigenvalue weighted by Gasteiger charge is 2.21. The van der Waals surface area contributed by atoms with Crippen LogP contribution >= 0.6 is 0 Å². The first-order valence-corrected chi connectivity index (χ1v) is 5.04. The number of carboxylic acid groups (broad SMARTS) is 1. The normalized spacial score (nSPS) is 10.5. The molecule has 2 rings (SSSR count). The van der Waals surface area contributed by atoms with E-state index in [2.05, 4.69) is 4.98 Å². The van der Waals surface area contributed by atoms with Crippen molar-refractivity contribution in [3.8, 4) is 11.3 Å². The summed E-state index contributed by atoms with van der Waals surface area (Å²) in [6, 6.07) is 6.05. The van der Waals surface area contributed by atoms with E-state index in [1.54, 1.807) is 30.7 Å². The standard InChI is InChI=1S/C12H11FN2O2/c1-7-14-10(12(16)17)11(15(7)2)8-5-3-4-6-9(8)13/h3-6H,1-2H3,(H,16,17). The molecule has 0 aliphatic carbocycles. The first-order chi connectivity index (χ1) is 8.02. The molecular weight excluding hydrogens is 223 g/mol. The maximum atomic E-state index is 13.7. The lowest BCUT2D eigenvalue weighted by Crippen LogP contribution is -2.02. The van der Waals surface area contributed by atoms with Gasteiger partial charge in [0.05, 0.1) is 5.69 Å². The first kappa shape index (κ1) is 11.3. The second kappa shape index (κ2) is 4.01. The highest BCUT2D eigenvalue weighted by Crippen LogP contribution is 2.26. The second-order valence-corrected chi connectivity index (χ2v) is 3.70. The van der Waals surface area contributed by atoms with Gasteiger partial charge in [0.25, 0.3) is 0 Å². The minimum absolute atomic E-state index is 0.130. The second-order valence-electron chi connectivity index (χ2n) is 3.70. The van der Waals surface area contributed by atoms with E-state index in [9.17, 15) is 9.18 Å². The fraction of sp³-hybridized carbons (Fsp3) is 0.167. The van der Waals surface area contributed by atoms with E-state index in [1.807, 2.05) is 0 Å². The van der Waals surface area contributed by atoms with Crippen molar-refractivity contribution in [3.05, 3.63) is 41.6 Å². The van der Waals surface area contributed by atoms with Crippen LogP contribution in [0.15, 0.2) is 24.3 Å². The Labute approximate surface area is 97.3 Å². The van der Waals surface area contributed by atoms with Crippen molar-refractivity contribution in [2.75, 3.05) is 0 Å². The number of benzene rings is 1. The third kappa shape index (κ3) is 1.80. The molecule has 5 heteroatoms. The van der Waals surface area contributed by atoms with Crippen molar-refractivity contribution in [2.45, 2.75) is 6.92 Å². The number of carbonyl (C=O) groups is 1. The minimum Gasteiger partial charge on any atom is -0.476 e. The summed E-state index contributed by atoms with van der Waals surface area (Å²) in [6.07, 6.45) is 0. The van der Waals surface area contributed by atoms with Gasteiger partial charge in [-0.1, -0.05) is 12.1 Å². The summed E-state index contributed by atoms with van der Waals surface area (Å²) in [5.41, 5.74) is 0.399. The fourth-order valence-electron chi connectivity index (χ4n) is 1.72. The SMILES string of the molecule is Cc1nc(C(=O)O)c(-c2ccccc2F)n1C. The van der Waals surface area contributed by atoms with Gasteiger partial charge in [-0.2, -0.15) is 0 Å². The summed E-state index contributed by atoms with van der Waals surface area (Å²) in [4.78, 5) is 15.0.